The molecule has 118 valence electrons. The maximum absolute atomic E-state index is 12.6. The number of anilines is 1. The first-order valence-electron chi connectivity index (χ1n) is 6.98. The highest BCUT2D eigenvalue weighted by atomic mass is 16.3. The summed E-state index contributed by atoms with van der Waals surface area (Å²) in [6.07, 6.45) is 0. The Kier molecular flexibility index (Phi) is 4.67. The zero-order valence-corrected chi connectivity index (χ0v) is 12.8. The third-order valence-corrected chi connectivity index (χ3v) is 3.44. The fourth-order valence-electron chi connectivity index (χ4n) is 2.13. The highest BCUT2D eigenvalue weighted by molar-refractivity contribution is 5.89. The van der Waals surface area contributed by atoms with E-state index in [2.05, 4.69) is 10.6 Å². The lowest BCUT2D eigenvalue weighted by Crippen LogP contribution is -2.39. The quantitative estimate of drug-likeness (QED) is 0.787. The molecule has 0 saturated heterocycles. The number of rotatable bonds is 4. The van der Waals surface area contributed by atoms with Gasteiger partial charge in [0.15, 0.2) is 0 Å². The van der Waals surface area contributed by atoms with Crippen LogP contribution in [-0.2, 0) is 7.05 Å². The highest BCUT2D eigenvalue weighted by Gasteiger charge is 2.18. The van der Waals surface area contributed by atoms with Crippen molar-refractivity contribution in [3.05, 3.63) is 46.4 Å². The lowest BCUT2D eigenvalue weighted by molar-refractivity contribution is 0.229. The van der Waals surface area contributed by atoms with E-state index < -0.39 is 6.03 Å². The van der Waals surface area contributed by atoms with Crippen LogP contribution >= 0.6 is 0 Å². The number of amides is 2. The number of hydrogen-bond acceptors (Lipinski definition) is 3. The second-order valence-electron chi connectivity index (χ2n) is 5.12. The molecule has 3 N–H and O–H groups in total. The molecule has 0 saturated carbocycles. The predicted molar refractivity (Wildman–Crippen MR) is 84.4 cm³/mol. The fraction of sp³-hybridized carbons (Fsp3) is 0.333. The molecule has 0 spiro atoms. The van der Waals surface area contributed by atoms with Crippen molar-refractivity contribution >= 4 is 11.7 Å². The fourth-order valence-corrected chi connectivity index (χ4v) is 2.13. The molecular weight excluding hydrogens is 284 g/mol. The number of urea groups is 1. The van der Waals surface area contributed by atoms with E-state index in [4.69, 9.17) is 5.11 Å². The Morgan fingerprint density at radius 3 is 2.55 bits per heavy atom. The number of aliphatic hydroxyl groups excluding tert-OH is 1. The molecule has 1 aromatic carbocycles. The summed E-state index contributed by atoms with van der Waals surface area (Å²) in [5.41, 5.74) is 1.27. The number of nitrogens with one attached hydrogen (secondary N) is 2. The first-order chi connectivity index (χ1) is 10.5. The molecule has 22 heavy (non-hydrogen) atoms. The Hall–Kier alpha value is -2.54. The Labute approximate surface area is 128 Å². The molecule has 1 atom stereocenters. The second-order valence-corrected chi connectivity index (χ2v) is 5.12. The molecule has 0 fully saturated rings. The van der Waals surface area contributed by atoms with Gasteiger partial charge < -0.3 is 15.7 Å². The highest BCUT2D eigenvalue weighted by Crippen LogP contribution is 2.13. The second kappa shape index (κ2) is 6.48. The molecule has 1 aromatic heterocycles. The van der Waals surface area contributed by atoms with Crippen LogP contribution in [0.1, 0.15) is 12.6 Å². The zero-order valence-electron chi connectivity index (χ0n) is 12.8. The maximum Gasteiger partial charge on any atom is 0.319 e. The summed E-state index contributed by atoms with van der Waals surface area (Å²) < 4.78 is 3.17. The summed E-state index contributed by atoms with van der Waals surface area (Å²) >= 11 is 0. The van der Waals surface area contributed by atoms with Gasteiger partial charge in [-0.2, -0.15) is 0 Å². The van der Waals surface area contributed by atoms with E-state index >= 15 is 0 Å². The summed E-state index contributed by atoms with van der Waals surface area (Å²) in [5.74, 6) is 0. The van der Waals surface area contributed by atoms with Crippen molar-refractivity contribution in [3.8, 4) is 5.69 Å². The Balaban J connectivity index is 2.35. The van der Waals surface area contributed by atoms with Crippen LogP contribution in [0.5, 0.6) is 0 Å². The minimum atomic E-state index is -0.521. The molecule has 0 bridgehead atoms. The third-order valence-electron chi connectivity index (χ3n) is 3.44. The van der Waals surface area contributed by atoms with Crippen LogP contribution in [0.25, 0.3) is 5.69 Å². The number of carbonyl (C=O) groups is 1. The molecule has 7 heteroatoms. The summed E-state index contributed by atoms with van der Waals surface area (Å²) in [4.78, 5) is 24.4. The average Bonchev–Trinajstić information content (AvgIpc) is 2.72. The van der Waals surface area contributed by atoms with E-state index in [-0.39, 0.29) is 23.9 Å². The van der Waals surface area contributed by atoms with Gasteiger partial charge >= 0.3 is 6.03 Å². The molecule has 1 unspecified atom stereocenters. The molecule has 2 aromatic rings. The van der Waals surface area contributed by atoms with E-state index in [1.165, 1.54) is 4.68 Å². The van der Waals surface area contributed by atoms with Gasteiger partial charge in [-0.3, -0.25) is 9.48 Å². The number of benzene rings is 1. The van der Waals surface area contributed by atoms with E-state index in [1.807, 2.05) is 30.3 Å². The minimum absolute atomic E-state index is 0.171. The van der Waals surface area contributed by atoms with Crippen LogP contribution in [-0.4, -0.2) is 33.1 Å². The van der Waals surface area contributed by atoms with Gasteiger partial charge in [-0.05, 0) is 26.0 Å². The monoisotopic (exact) mass is 304 g/mol. The van der Waals surface area contributed by atoms with Gasteiger partial charge in [0.05, 0.1) is 24.0 Å². The lowest BCUT2D eigenvalue weighted by Gasteiger charge is -2.11. The van der Waals surface area contributed by atoms with Crippen LogP contribution in [0.3, 0.4) is 0 Å². The lowest BCUT2D eigenvalue weighted by atomic mass is 10.3. The summed E-state index contributed by atoms with van der Waals surface area (Å²) in [6.45, 7) is 3.25. The number of aromatic nitrogens is 2. The normalized spacial score (nSPS) is 12.0. The van der Waals surface area contributed by atoms with Crippen molar-refractivity contribution in [2.45, 2.75) is 19.9 Å². The van der Waals surface area contributed by atoms with Crippen molar-refractivity contribution in [2.75, 3.05) is 11.9 Å². The van der Waals surface area contributed by atoms with E-state index in [1.54, 1.807) is 25.6 Å². The number of carbonyl (C=O) groups excluding carboxylic acids is 1. The average molecular weight is 304 g/mol. The Morgan fingerprint density at radius 1 is 1.32 bits per heavy atom. The summed E-state index contributed by atoms with van der Waals surface area (Å²) in [7, 11) is 1.75. The molecule has 2 rings (SSSR count). The number of hydrogen-bond donors (Lipinski definition) is 3. The minimum Gasteiger partial charge on any atom is -0.394 e. The van der Waals surface area contributed by atoms with Crippen molar-refractivity contribution in [2.24, 2.45) is 7.05 Å². The van der Waals surface area contributed by atoms with Crippen LogP contribution in [0.4, 0.5) is 10.5 Å². The van der Waals surface area contributed by atoms with Gasteiger partial charge in [0.2, 0.25) is 0 Å². The van der Waals surface area contributed by atoms with Crippen molar-refractivity contribution < 1.29 is 9.90 Å². The summed E-state index contributed by atoms with van der Waals surface area (Å²) in [5, 5.41) is 14.0. The van der Waals surface area contributed by atoms with Gasteiger partial charge in [-0.1, -0.05) is 18.2 Å². The predicted octanol–water partition coefficient (Wildman–Crippen LogP) is 0.987. The smallest absolute Gasteiger partial charge is 0.319 e. The molecule has 0 radical (unpaired) electrons. The van der Waals surface area contributed by atoms with E-state index in [9.17, 15) is 9.59 Å². The third kappa shape index (κ3) is 3.04. The first-order valence-corrected chi connectivity index (χ1v) is 6.98. The maximum atomic E-state index is 12.6. The van der Waals surface area contributed by atoms with Crippen molar-refractivity contribution in [1.82, 2.24) is 14.7 Å². The van der Waals surface area contributed by atoms with Crippen LogP contribution in [0.15, 0.2) is 35.1 Å². The van der Waals surface area contributed by atoms with E-state index in [0.717, 1.165) is 5.69 Å². The van der Waals surface area contributed by atoms with E-state index in [0.29, 0.717) is 5.69 Å². The van der Waals surface area contributed by atoms with Gasteiger partial charge in [0.1, 0.15) is 5.69 Å². The van der Waals surface area contributed by atoms with Crippen LogP contribution in [0, 0.1) is 6.92 Å². The Bertz CT molecular complexity index is 718. The largest absolute Gasteiger partial charge is 0.394 e. The molecule has 2 amide bonds. The molecule has 7 nitrogen and oxygen atoms in total. The van der Waals surface area contributed by atoms with Crippen LogP contribution in [0.2, 0.25) is 0 Å². The molecule has 0 aliphatic carbocycles. The molecule has 1 heterocycles. The summed E-state index contributed by atoms with van der Waals surface area (Å²) in [6, 6.07) is 8.28. The topological polar surface area (TPSA) is 88.3 Å². The number of nitrogens with zero attached hydrogens (tertiary/aromatic N) is 2. The molecular formula is C15H20N4O3. The van der Waals surface area contributed by atoms with Crippen molar-refractivity contribution in [1.29, 1.82) is 0 Å². The van der Waals surface area contributed by atoms with Crippen LogP contribution < -0.4 is 16.2 Å². The molecule has 0 aliphatic rings. The number of aliphatic hydroxyl groups is 1. The zero-order chi connectivity index (χ0) is 16.3. The molecule has 0 aliphatic heterocycles. The number of para-hydroxylation sites is 1. The van der Waals surface area contributed by atoms with Gasteiger partial charge in [0, 0.05) is 7.05 Å². The Morgan fingerprint density at radius 2 is 1.95 bits per heavy atom. The SMILES string of the molecule is Cc1c(NC(=O)NC(C)CO)c(=O)n(-c2ccccc2)n1C. The van der Waals surface area contributed by atoms with Crippen molar-refractivity contribution in [3.63, 3.8) is 0 Å². The first kappa shape index (κ1) is 15.8. The standard InChI is InChI=1S/C15H20N4O3/c1-10(9-20)16-15(22)17-13-11(2)18(3)19(14(13)21)12-7-5-4-6-8-12/h4-8,10,20H,9H2,1-3H3,(H2,16,17,22). The van der Waals surface area contributed by atoms with Gasteiger partial charge in [-0.15, -0.1) is 0 Å². The van der Waals surface area contributed by atoms with Gasteiger partial charge in [-0.25, -0.2) is 9.48 Å². The van der Waals surface area contributed by atoms with Gasteiger partial charge in [0.25, 0.3) is 5.56 Å².